The normalized spacial score (nSPS) is 34.1. The van der Waals surface area contributed by atoms with E-state index in [4.69, 9.17) is 4.74 Å². The van der Waals surface area contributed by atoms with Gasteiger partial charge in [-0.15, -0.1) is 0 Å². The lowest BCUT2D eigenvalue weighted by molar-refractivity contribution is -0.140. The Balaban J connectivity index is 1.57. The van der Waals surface area contributed by atoms with E-state index in [1.807, 2.05) is 11.0 Å². The van der Waals surface area contributed by atoms with Gasteiger partial charge in [0.1, 0.15) is 5.82 Å². The van der Waals surface area contributed by atoms with Crippen LogP contribution in [0.4, 0.5) is 4.39 Å². The molecule has 3 aliphatic rings. The van der Waals surface area contributed by atoms with Crippen LogP contribution in [0.15, 0.2) is 24.3 Å². The van der Waals surface area contributed by atoms with Crippen LogP contribution >= 0.6 is 0 Å². The topological polar surface area (TPSA) is 41.6 Å². The average molecular weight is 304 g/mol. The summed E-state index contributed by atoms with van der Waals surface area (Å²) in [7, 11) is 0. The molecule has 3 saturated heterocycles. The van der Waals surface area contributed by atoms with Crippen molar-refractivity contribution in [2.75, 3.05) is 19.6 Å². The lowest BCUT2D eigenvalue weighted by Crippen LogP contribution is -2.51. The van der Waals surface area contributed by atoms with Gasteiger partial charge < -0.3 is 15.0 Å². The number of carbonyl (C=O) groups is 1. The van der Waals surface area contributed by atoms with E-state index < -0.39 is 0 Å². The maximum Gasteiger partial charge on any atom is 0.229 e. The van der Waals surface area contributed by atoms with Gasteiger partial charge >= 0.3 is 0 Å². The molecule has 0 saturated carbocycles. The fourth-order valence-electron chi connectivity index (χ4n) is 4.09. The van der Waals surface area contributed by atoms with Crippen molar-refractivity contribution in [1.82, 2.24) is 10.2 Å². The zero-order chi connectivity index (χ0) is 15.1. The van der Waals surface area contributed by atoms with Gasteiger partial charge in [0.15, 0.2) is 0 Å². The van der Waals surface area contributed by atoms with E-state index in [0.717, 1.165) is 31.4 Å². The van der Waals surface area contributed by atoms with Gasteiger partial charge in [-0.05, 0) is 37.0 Å². The Morgan fingerprint density at radius 3 is 3.00 bits per heavy atom. The van der Waals surface area contributed by atoms with Gasteiger partial charge in [-0.25, -0.2) is 4.39 Å². The molecule has 2 bridgehead atoms. The molecule has 1 aromatic carbocycles. The summed E-state index contributed by atoms with van der Waals surface area (Å²) in [5.41, 5.74) is 0.865. The lowest BCUT2D eigenvalue weighted by Gasteiger charge is -2.39. The molecular formula is C17H21FN2O2. The fraction of sp³-hybridized carbons (Fsp3) is 0.588. The number of hydrogen-bond donors (Lipinski definition) is 1. The summed E-state index contributed by atoms with van der Waals surface area (Å²) in [4.78, 5) is 14.9. The highest BCUT2D eigenvalue weighted by atomic mass is 19.1. The maximum atomic E-state index is 13.5. The number of rotatable bonds is 2. The Hall–Kier alpha value is -1.46. The molecule has 4 unspecified atom stereocenters. The van der Waals surface area contributed by atoms with Crippen molar-refractivity contribution in [2.24, 2.45) is 5.92 Å². The molecule has 0 spiro atoms. The van der Waals surface area contributed by atoms with Crippen molar-refractivity contribution >= 4 is 5.91 Å². The molecule has 0 aliphatic carbocycles. The van der Waals surface area contributed by atoms with Gasteiger partial charge in [0, 0.05) is 19.6 Å². The Morgan fingerprint density at radius 1 is 1.36 bits per heavy atom. The largest absolute Gasteiger partial charge is 0.374 e. The molecule has 3 fully saturated rings. The first-order valence-electron chi connectivity index (χ1n) is 8.14. The second-order valence-corrected chi connectivity index (χ2v) is 6.52. The van der Waals surface area contributed by atoms with Crippen molar-refractivity contribution in [1.29, 1.82) is 0 Å². The molecule has 0 radical (unpaired) electrons. The molecule has 3 heterocycles. The zero-order valence-electron chi connectivity index (χ0n) is 12.5. The van der Waals surface area contributed by atoms with Crippen molar-refractivity contribution in [3.05, 3.63) is 35.6 Å². The average Bonchev–Trinajstić information content (AvgIpc) is 3.17. The van der Waals surface area contributed by atoms with E-state index >= 15 is 0 Å². The van der Waals surface area contributed by atoms with Crippen molar-refractivity contribution < 1.29 is 13.9 Å². The Bertz CT molecular complexity index is 580. The number of fused-ring (bicyclic) bond motifs is 2. The Labute approximate surface area is 129 Å². The third kappa shape index (κ3) is 2.42. The highest BCUT2D eigenvalue weighted by Crippen LogP contribution is 2.40. The highest BCUT2D eigenvalue weighted by Gasteiger charge is 2.46. The molecule has 4 nitrogen and oxygen atoms in total. The van der Waals surface area contributed by atoms with Crippen LogP contribution in [-0.2, 0) is 9.53 Å². The van der Waals surface area contributed by atoms with Gasteiger partial charge in [-0.2, -0.15) is 0 Å². The SMILES string of the molecule is O=C(C1CC2CCC1O2)N1CCNCC1c1cccc(F)c1. The predicted molar refractivity (Wildman–Crippen MR) is 79.7 cm³/mol. The van der Waals surface area contributed by atoms with Crippen LogP contribution in [0.5, 0.6) is 0 Å². The standard InChI is InChI=1S/C17H21FN2O2/c18-12-3-1-2-11(8-12)15-10-19-6-7-20(15)17(21)14-9-13-4-5-16(14)22-13/h1-3,8,13-16,19H,4-7,9-10H2. The molecule has 4 rings (SSSR count). The number of amides is 1. The van der Waals surface area contributed by atoms with E-state index in [0.29, 0.717) is 13.1 Å². The van der Waals surface area contributed by atoms with E-state index in [9.17, 15) is 9.18 Å². The van der Waals surface area contributed by atoms with Crippen LogP contribution < -0.4 is 5.32 Å². The maximum absolute atomic E-state index is 13.5. The molecule has 5 heteroatoms. The number of carbonyl (C=O) groups excluding carboxylic acids is 1. The van der Waals surface area contributed by atoms with E-state index in [-0.39, 0.29) is 35.9 Å². The number of nitrogens with one attached hydrogen (secondary N) is 1. The van der Waals surface area contributed by atoms with Crippen LogP contribution in [0.2, 0.25) is 0 Å². The smallest absolute Gasteiger partial charge is 0.229 e. The summed E-state index contributed by atoms with van der Waals surface area (Å²) in [6, 6.07) is 6.50. The van der Waals surface area contributed by atoms with E-state index in [2.05, 4.69) is 5.32 Å². The third-order valence-electron chi connectivity index (χ3n) is 5.18. The number of benzene rings is 1. The van der Waals surface area contributed by atoms with Gasteiger partial charge in [0.25, 0.3) is 0 Å². The van der Waals surface area contributed by atoms with Crippen LogP contribution in [0.1, 0.15) is 30.9 Å². The fourth-order valence-corrected chi connectivity index (χ4v) is 4.09. The summed E-state index contributed by atoms with van der Waals surface area (Å²) >= 11 is 0. The monoisotopic (exact) mass is 304 g/mol. The Morgan fingerprint density at radius 2 is 2.27 bits per heavy atom. The predicted octanol–water partition coefficient (Wildman–Crippen LogP) is 1.87. The molecule has 1 aromatic rings. The lowest BCUT2D eigenvalue weighted by atomic mass is 9.87. The summed E-state index contributed by atoms with van der Waals surface area (Å²) in [6.07, 6.45) is 3.31. The molecule has 0 aromatic heterocycles. The summed E-state index contributed by atoms with van der Waals surface area (Å²) < 4.78 is 19.4. The molecule has 1 N–H and O–H groups in total. The van der Waals surface area contributed by atoms with Crippen molar-refractivity contribution in [3.8, 4) is 0 Å². The first kappa shape index (κ1) is 14.2. The summed E-state index contributed by atoms with van der Waals surface area (Å²) in [5.74, 6) is -0.0744. The molecule has 4 atom stereocenters. The first-order valence-corrected chi connectivity index (χ1v) is 8.14. The van der Waals surface area contributed by atoms with E-state index in [1.165, 1.54) is 12.1 Å². The number of halogens is 1. The Kier molecular flexibility index (Phi) is 3.62. The molecule has 22 heavy (non-hydrogen) atoms. The molecule has 3 aliphatic heterocycles. The van der Waals surface area contributed by atoms with Crippen molar-refractivity contribution in [2.45, 2.75) is 37.5 Å². The minimum absolute atomic E-state index is 0.00657. The van der Waals surface area contributed by atoms with E-state index in [1.54, 1.807) is 6.07 Å². The summed E-state index contributed by atoms with van der Waals surface area (Å²) in [6.45, 7) is 2.14. The zero-order valence-corrected chi connectivity index (χ0v) is 12.5. The molecule has 118 valence electrons. The number of nitrogens with zero attached hydrogens (tertiary/aromatic N) is 1. The second kappa shape index (κ2) is 5.63. The molecular weight excluding hydrogens is 283 g/mol. The van der Waals surface area contributed by atoms with Gasteiger partial charge in [-0.1, -0.05) is 12.1 Å². The van der Waals surface area contributed by atoms with Crippen LogP contribution in [-0.4, -0.2) is 42.6 Å². The second-order valence-electron chi connectivity index (χ2n) is 6.52. The van der Waals surface area contributed by atoms with Crippen LogP contribution in [0.25, 0.3) is 0 Å². The number of piperazine rings is 1. The van der Waals surface area contributed by atoms with Crippen LogP contribution in [0.3, 0.4) is 0 Å². The number of ether oxygens (including phenoxy) is 1. The van der Waals surface area contributed by atoms with Gasteiger partial charge in [-0.3, -0.25) is 4.79 Å². The number of hydrogen-bond acceptors (Lipinski definition) is 3. The minimum Gasteiger partial charge on any atom is -0.374 e. The van der Waals surface area contributed by atoms with Gasteiger partial charge in [0.05, 0.1) is 24.2 Å². The highest BCUT2D eigenvalue weighted by molar-refractivity contribution is 5.80. The first-order chi connectivity index (χ1) is 10.7. The van der Waals surface area contributed by atoms with Gasteiger partial charge in [0.2, 0.25) is 5.91 Å². The minimum atomic E-state index is -0.251. The summed E-state index contributed by atoms with van der Waals surface area (Å²) in [5, 5.41) is 3.31. The molecule has 1 amide bonds. The quantitative estimate of drug-likeness (QED) is 0.907. The van der Waals surface area contributed by atoms with Crippen LogP contribution in [0, 0.1) is 11.7 Å². The third-order valence-corrected chi connectivity index (χ3v) is 5.18. The van der Waals surface area contributed by atoms with Crippen molar-refractivity contribution in [3.63, 3.8) is 0 Å².